The number of hydrogen-bond acceptors (Lipinski definition) is 5. The second-order valence-electron chi connectivity index (χ2n) is 7.27. The number of likely N-dealkylation sites (N-methyl/N-ethyl adjacent to an activating group) is 1. The lowest BCUT2D eigenvalue weighted by Gasteiger charge is -2.22. The van der Waals surface area contributed by atoms with Gasteiger partial charge in [0.05, 0.1) is 22.8 Å². The number of amides is 3. The zero-order valence-electron chi connectivity index (χ0n) is 16.5. The van der Waals surface area contributed by atoms with E-state index in [1.165, 1.54) is 18.4 Å². The average molecular weight is 401 g/mol. The van der Waals surface area contributed by atoms with Gasteiger partial charge in [-0.3, -0.25) is 15.0 Å². The zero-order valence-corrected chi connectivity index (χ0v) is 17.3. The molecule has 7 heteroatoms. The summed E-state index contributed by atoms with van der Waals surface area (Å²) >= 11 is 1.63. The maximum atomic E-state index is 12.2. The molecular weight excluding hydrogens is 372 g/mol. The summed E-state index contributed by atoms with van der Waals surface area (Å²) in [5, 5.41) is 6.15. The highest BCUT2D eigenvalue weighted by atomic mass is 32.1. The van der Waals surface area contributed by atoms with Gasteiger partial charge in [0, 0.05) is 6.54 Å². The normalized spacial score (nSPS) is 15.3. The van der Waals surface area contributed by atoms with Crippen LogP contribution in [0, 0.1) is 0 Å². The van der Waals surface area contributed by atoms with E-state index in [9.17, 15) is 9.59 Å². The Kier molecular flexibility index (Phi) is 7.17. The number of allylic oxidation sites excluding steroid dienone is 1. The van der Waals surface area contributed by atoms with Crippen molar-refractivity contribution in [1.29, 1.82) is 0 Å². The van der Waals surface area contributed by atoms with Crippen LogP contribution in [-0.4, -0.2) is 42.0 Å². The van der Waals surface area contributed by atoms with Crippen molar-refractivity contribution in [2.24, 2.45) is 0 Å². The van der Waals surface area contributed by atoms with E-state index in [0.29, 0.717) is 6.54 Å². The summed E-state index contributed by atoms with van der Waals surface area (Å²) in [6.07, 6.45) is 7.88. The number of nitrogens with zero attached hydrogens (tertiary/aromatic N) is 2. The number of thiazole rings is 1. The average Bonchev–Trinajstić information content (AvgIpc) is 3.12. The molecule has 1 aromatic carbocycles. The van der Waals surface area contributed by atoms with Crippen molar-refractivity contribution in [3.8, 4) is 0 Å². The number of benzene rings is 1. The summed E-state index contributed by atoms with van der Waals surface area (Å²) in [5.74, 6) is -0.315. The fourth-order valence-corrected chi connectivity index (χ4v) is 4.38. The number of urea groups is 1. The van der Waals surface area contributed by atoms with E-state index in [2.05, 4.69) is 21.7 Å². The van der Waals surface area contributed by atoms with Crippen molar-refractivity contribution < 1.29 is 9.59 Å². The quantitative estimate of drug-likeness (QED) is 0.689. The molecule has 1 atom stereocenters. The first kappa shape index (κ1) is 20.5. The Morgan fingerprint density at radius 2 is 2.11 bits per heavy atom. The predicted octanol–water partition coefficient (Wildman–Crippen LogP) is 4.01. The van der Waals surface area contributed by atoms with Gasteiger partial charge in [0.15, 0.2) is 0 Å². The molecule has 0 aliphatic heterocycles. The Morgan fingerprint density at radius 3 is 2.86 bits per heavy atom. The van der Waals surface area contributed by atoms with Crippen LogP contribution in [0.3, 0.4) is 0 Å². The van der Waals surface area contributed by atoms with Crippen LogP contribution >= 0.6 is 11.3 Å². The third-order valence-corrected chi connectivity index (χ3v) is 6.30. The van der Waals surface area contributed by atoms with Gasteiger partial charge >= 0.3 is 6.03 Å². The van der Waals surface area contributed by atoms with Gasteiger partial charge in [-0.1, -0.05) is 23.8 Å². The molecule has 2 aromatic rings. The van der Waals surface area contributed by atoms with Crippen molar-refractivity contribution in [3.05, 3.63) is 40.9 Å². The van der Waals surface area contributed by atoms with Crippen LogP contribution < -0.4 is 10.6 Å². The largest absolute Gasteiger partial charge is 0.337 e. The van der Waals surface area contributed by atoms with Crippen LogP contribution in [0.25, 0.3) is 10.2 Å². The summed E-state index contributed by atoms with van der Waals surface area (Å²) in [4.78, 5) is 30.7. The number of rotatable bonds is 7. The number of para-hydroxylation sites is 1. The Labute approximate surface area is 170 Å². The second kappa shape index (κ2) is 9.80. The minimum atomic E-state index is -0.428. The molecule has 6 nitrogen and oxygen atoms in total. The summed E-state index contributed by atoms with van der Waals surface area (Å²) in [6.45, 7) is 2.71. The lowest BCUT2D eigenvalue weighted by molar-refractivity contribution is -0.121. The molecule has 3 amide bonds. The second-order valence-corrected chi connectivity index (χ2v) is 8.34. The lowest BCUT2D eigenvalue weighted by atomic mass is 9.97. The molecule has 0 fully saturated rings. The molecule has 3 rings (SSSR count). The molecule has 28 heavy (non-hydrogen) atoms. The first-order chi connectivity index (χ1) is 13.5. The van der Waals surface area contributed by atoms with Crippen LogP contribution in [0.4, 0.5) is 4.79 Å². The van der Waals surface area contributed by atoms with Crippen LogP contribution in [0.1, 0.15) is 50.1 Å². The van der Waals surface area contributed by atoms with Gasteiger partial charge in [0.2, 0.25) is 5.91 Å². The molecular formula is C21H28N4O2S. The number of nitrogens with one attached hydrogen (secondary N) is 2. The minimum Gasteiger partial charge on any atom is -0.337 e. The number of imide groups is 1. The van der Waals surface area contributed by atoms with E-state index in [4.69, 9.17) is 0 Å². The third kappa shape index (κ3) is 5.62. The SMILES string of the molecule is C[C@H](c1nc2ccccc2s1)N(C)CC(=O)NC(=O)NCCC1=CCCCC1. The summed E-state index contributed by atoms with van der Waals surface area (Å²) in [5.41, 5.74) is 2.38. The van der Waals surface area contributed by atoms with Gasteiger partial charge in [-0.15, -0.1) is 11.3 Å². The van der Waals surface area contributed by atoms with E-state index in [-0.39, 0.29) is 18.5 Å². The molecule has 0 radical (unpaired) electrons. The number of carbonyl (C=O) groups excluding carboxylic acids is 2. The van der Waals surface area contributed by atoms with Gasteiger partial charge in [-0.05, 0) is 58.2 Å². The fraction of sp³-hybridized carbons (Fsp3) is 0.476. The lowest BCUT2D eigenvalue weighted by Crippen LogP contribution is -2.44. The molecule has 0 spiro atoms. The van der Waals surface area contributed by atoms with Crippen molar-refractivity contribution >= 4 is 33.5 Å². The Hall–Kier alpha value is -2.25. The third-order valence-electron chi connectivity index (χ3n) is 5.09. The molecule has 0 saturated carbocycles. The molecule has 1 aromatic heterocycles. The maximum absolute atomic E-state index is 12.2. The zero-order chi connectivity index (χ0) is 19.9. The topological polar surface area (TPSA) is 74.3 Å². The highest BCUT2D eigenvalue weighted by Gasteiger charge is 2.19. The van der Waals surface area contributed by atoms with Crippen LogP contribution in [-0.2, 0) is 4.79 Å². The van der Waals surface area contributed by atoms with Gasteiger partial charge in [0.1, 0.15) is 5.01 Å². The predicted molar refractivity (Wildman–Crippen MR) is 113 cm³/mol. The first-order valence-electron chi connectivity index (χ1n) is 9.84. The van der Waals surface area contributed by atoms with Gasteiger partial charge in [-0.2, -0.15) is 0 Å². The highest BCUT2D eigenvalue weighted by Crippen LogP contribution is 2.28. The van der Waals surface area contributed by atoms with E-state index < -0.39 is 6.03 Å². The van der Waals surface area contributed by atoms with Crippen molar-refractivity contribution in [1.82, 2.24) is 20.5 Å². The van der Waals surface area contributed by atoms with Crippen molar-refractivity contribution in [2.75, 3.05) is 20.1 Å². The summed E-state index contributed by atoms with van der Waals surface area (Å²) in [6, 6.07) is 7.56. The highest BCUT2D eigenvalue weighted by molar-refractivity contribution is 7.18. The van der Waals surface area contributed by atoms with E-state index in [1.54, 1.807) is 11.3 Å². The number of fused-ring (bicyclic) bond motifs is 1. The number of hydrogen-bond donors (Lipinski definition) is 2. The minimum absolute atomic E-state index is 0.00977. The van der Waals surface area contributed by atoms with Crippen molar-refractivity contribution in [2.45, 2.75) is 45.1 Å². The summed E-state index contributed by atoms with van der Waals surface area (Å²) < 4.78 is 1.13. The van der Waals surface area contributed by atoms with Crippen LogP contribution in [0.2, 0.25) is 0 Å². The Balaban J connectivity index is 1.42. The molecule has 1 aliphatic rings. The molecule has 0 unspecified atom stereocenters. The number of aromatic nitrogens is 1. The first-order valence-corrected chi connectivity index (χ1v) is 10.7. The Bertz CT molecular complexity index is 828. The van der Waals surface area contributed by atoms with Gasteiger partial charge in [-0.25, -0.2) is 9.78 Å². The smallest absolute Gasteiger partial charge is 0.321 e. The van der Waals surface area contributed by atoms with E-state index in [1.807, 2.05) is 43.1 Å². The standard InChI is InChI=1S/C21H28N4O2S/c1-15(20-23-17-10-6-7-11-18(17)28-20)25(2)14-19(26)24-21(27)22-13-12-16-8-4-3-5-9-16/h6-8,10-11,15H,3-5,9,12-14H2,1-2H3,(H2,22,24,26,27)/t15-/m1/s1. The van der Waals surface area contributed by atoms with E-state index >= 15 is 0 Å². The number of carbonyl (C=O) groups is 2. The van der Waals surface area contributed by atoms with Crippen LogP contribution in [0.5, 0.6) is 0 Å². The van der Waals surface area contributed by atoms with Crippen molar-refractivity contribution in [3.63, 3.8) is 0 Å². The van der Waals surface area contributed by atoms with Gasteiger partial charge < -0.3 is 5.32 Å². The molecule has 0 bridgehead atoms. The molecule has 150 valence electrons. The maximum Gasteiger partial charge on any atom is 0.321 e. The Morgan fingerprint density at radius 1 is 1.29 bits per heavy atom. The van der Waals surface area contributed by atoms with E-state index in [0.717, 1.165) is 34.5 Å². The van der Waals surface area contributed by atoms with Gasteiger partial charge in [0.25, 0.3) is 0 Å². The summed E-state index contributed by atoms with van der Waals surface area (Å²) in [7, 11) is 1.86. The molecule has 1 aliphatic carbocycles. The molecule has 2 N–H and O–H groups in total. The molecule has 0 saturated heterocycles. The fourth-order valence-electron chi connectivity index (χ4n) is 3.30. The monoisotopic (exact) mass is 400 g/mol. The molecule has 1 heterocycles. The van der Waals surface area contributed by atoms with Crippen LogP contribution in [0.15, 0.2) is 35.9 Å².